The van der Waals surface area contributed by atoms with Gasteiger partial charge in [0.25, 0.3) is 0 Å². The first-order valence-electron chi connectivity index (χ1n) is 7.58. The molecular weight excluding hydrogens is 292 g/mol. The van der Waals surface area contributed by atoms with E-state index in [2.05, 4.69) is 28.9 Å². The van der Waals surface area contributed by atoms with Crippen molar-refractivity contribution < 1.29 is 9.53 Å². The summed E-state index contributed by atoms with van der Waals surface area (Å²) in [6, 6.07) is 5.64. The Hall–Kier alpha value is -2.76. The summed E-state index contributed by atoms with van der Waals surface area (Å²) < 4.78 is 6.75. The summed E-state index contributed by atoms with van der Waals surface area (Å²) in [4.78, 5) is 21.1. The summed E-state index contributed by atoms with van der Waals surface area (Å²) in [5, 5.41) is 4.47. The molecule has 3 rings (SSSR count). The number of carbonyl (C=O) groups excluding carboxylic acids is 1. The molecule has 0 radical (unpaired) electrons. The summed E-state index contributed by atoms with van der Waals surface area (Å²) in [5.41, 5.74) is 3.14. The molecule has 118 valence electrons. The Morgan fingerprint density at radius 3 is 2.78 bits per heavy atom. The van der Waals surface area contributed by atoms with Crippen molar-refractivity contribution in [2.75, 3.05) is 6.61 Å². The first-order chi connectivity index (χ1) is 11.1. The quantitative estimate of drug-likeness (QED) is 0.693. The van der Waals surface area contributed by atoms with Gasteiger partial charge in [0.2, 0.25) is 0 Å². The van der Waals surface area contributed by atoms with E-state index in [1.807, 2.05) is 12.1 Å². The molecule has 0 spiro atoms. The highest BCUT2D eigenvalue weighted by Crippen LogP contribution is 2.26. The predicted molar refractivity (Wildman–Crippen MR) is 86.3 cm³/mol. The standard InChI is InChI=1S/C17H18N4O2/c1-4-23-17(22)14-15(20-21-9-5-8-18-16(14)21)12-6-7-13(11(2)3)19-10-12/h5-11H,4H2,1-3H3. The summed E-state index contributed by atoms with van der Waals surface area (Å²) in [6.45, 7) is 6.24. The topological polar surface area (TPSA) is 69.4 Å². The average molecular weight is 310 g/mol. The molecule has 23 heavy (non-hydrogen) atoms. The predicted octanol–water partition coefficient (Wildman–Crippen LogP) is 3.09. The number of hydrogen-bond acceptors (Lipinski definition) is 5. The number of nitrogens with zero attached hydrogens (tertiary/aromatic N) is 4. The zero-order valence-electron chi connectivity index (χ0n) is 13.4. The van der Waals surface area contributed by atoms with Crippen molar-refractivity contribution in [1.82, 2.24) is 19.6 Å². The Kier molecular flexibility index (Phi) is 4.06. The van der Waals surface area contributed by atoms with Crippen LogP contribution in [-0.4, -0.2) is 32.2 Å². The molecule has 0 saturated carbocycles. The van der Waals surface area contributed by atoms with Crippen LogP contribution in [0.3, 0.4) is 0 Å². The minimum atomic E-state index is -0.427. The molecule has 3 aromatic heterocycles. The van der Waals surface area contributed by atoms with Crippen molar-refractivity contribution in [3.63, 3.8) is 0 Å². The van der Waals surface area contributed by atoms with Gasteiger partial charge in [-0.2, -0.15) is 5.10 Å². The number of pyridine rings is 1. The van der Waals surface area contributed by atoms with Gasteiger partial charge < -0.3 is 4.74 Å². The molecule has 0 aromatic carbocycles. The fourth-order valence-electron chi connectivity index (χ4n) is 2.37. The highest BCUT2D eigenvalue weighted by Gasteiger charge is 2.23. The molecule has 0 aliphatic rings. The lowest BCUT2D eigenvalue weighted by Gasteiger charge is -2.06. The third-order valence-corrected chi connectivity index (χ3v) is 3.53. The average Bonchev–Trinajstić information content (AvgIpc) is 2.94. The molecular formula is C17H18N4O2. The van der Waals surface area contributed by atoms with Gasteiger partial charge in [0, 0.05) is 29.8 Å². The number of ether oxygens (including phenoxy) is 1. The van der Waals surface area contributed by atoms with Gasteiger partial charge in [0.05, 0.1) is 6.61 Å². The first kappa shape index (κ1) is 15.1. The Balaban J connectivity index is 2.16. The van der Waals surface area contributed by atoms with Gasteiger partial charge in [-0.3, -0.25) is 4.98 Å². The van der Waals surface area contributed by atoms with Crippen LogP contribution in [0, 0.1) is 0 Å². The van der Waals surface area contributed by atoms with Gasteiger partial charge in [-0.25, -0.2) is 14.3 Å². The maximum atomic E-state index is 12.4. The van der Waals surface area contributed by atoms with E-state index in [1.54, 1.807) is 36.1 Å². The van der Waals surface area contributed by atoms with Crippen LogP contribution >= 0.6 is 0 Å². The van der Waals surface area contributed by atoms with E-state index >= 15 is 0 Å². The summed E-state index contributed by atoms with van der Waals surface area (Å²) >= 11 is 0. The molecule has 0 aliphatic carbocycles. The smallest absolute Gasteiger partial charge is 0.344 e. The van der Waals surface area contributed by atoms with Crippen molar-refractivity contribution in [1.29, 1.82) is 0 Å². The molecule has 0 aliphatic heterocycles. The highest BCUT2D eigenvalue weighted by molar-refractivity contribution is 6.02. The minimum absolute atomic E-state index is 0.299. The number of aromatic nitrogens is 4. The van der Waals surface area contributed by atoms with Crippen LogP contribution in [0.25, 0.3) is 16.9 Å². The van der Waals surface area contributed by atoms with E-state index in [-0.39, 0.29) is 0 Å². The zero-order valence-corrected chi connectivity index (χ0v) is 13.4. The van der Waals surface area contributed by atoms with E-state index in [0.717, 1.165) is 11.3 Å². The highest BCUT2D eigenvalue weighted by atomic mass is 16.5. The Morgan fingerprint density at radius 2 is 2.13 bits per heavy atom. The molecule has 6 nitrogen and oxygen atoms in total. The van der Waals surface area contributed by atoms with E-state index in [0.29, 0.717) is 29.4 Å². The molecule has 0 bridgehead atoms. The fourth-order valence-corrected chi connectivity index (χ4v) is 2.37. The van der Waals surface area contributed by atoms with E-state index < -0.39 is 5.97 Å². The number of hydrogen-bond donors (Lipinski definition) is 0. The van der Waals surface area contributed by atoms with Gasteiger partial charge in [0.15, 0.2) is 5.65 Å². The van der Waals surface area contributed by atoms with Crippen molar-refractivity contribution >= 4 is 11.6 Å². The molecule has 3 aromatic rings. The number of esters is 1. The van der Waals surface area contributed by atoms with Crippen LogP contribution in [0.5, 0.6) is 0 Å². The molecule has 0 amide bonds. The molecule has 0 atom stereocenters. The molecule has 0 N–H and O–H groups in total. The Bertz CT molecular complexity index is 837. The maximum Gasteiger partial charge on any atom is 0.344 e. The van der Waals surface area contributed by atoms with Crippen molar-refractivity contribution in [2.45, 2.75) is 26.7 Å². The molecule has 3 heterocycles. The van der Waals surface area contributed by atoms with Crippen LogP contribution in [0.2, 0.25) is 0 Å². The Morgan fingerprint density at radius 1 is 1.30 bits per heavy atom. The Labute approximate surface area is 134 Å². The third-order valence-electron chi connectivity index (χ3n) is 3.53. The fraction of sp³-hybridized carbons (Fsp3) is 0.294. The van der Waals surface area contributed by atoms with E-state index in [9.17, 15) is 4.79 Å². The van der Waals surface area contributed by atoms with Crippen molar-refractivity contribution in [2.24, 2.45) is 0 Å². The number of carbonyl (C=O) groups is 1. The van der Waals surface area contributed by atoms with Gasteiger partial charge >= 0.3 is 5.97 Å². The zero-order chi connectivity index (χ0) is 16.4. The number of rotatable bonds is 4. The SMILES string of the molecule is CCOC(=O)c1c(-c2ccc(C(C)C)nc2)nn2cccnc12. The lowest BCUT2D eigenvalue weighted by molar-refractivity contribution is 0.0529. The van der Waals surface area contributed by atoms with Crippen LogP contribution < -0.4 is 0 Å². The summed E-state index contributed by atoms with van der Waals surface area (Å²) in [7, 11) is 0. The maximum absolute atomic E-state index is 12.4. The minimum Gasteiger partial charge on any atom is -0.462 e. The monoisotopic (exact) mass is 310 g/mol. The molecule has 0 saturated heterocycles. The second-order valence-electron chi connectivity index (χ2n) is 5.46. The van der Waals surface area contributed by atoms with Crippen LogP contribution in [0.1, 0.15) is 42.7 Å². The van der Waals surface area contributed by atoms with Crippen LogP contribution in [-0.2, 0) is 4.74 Å². The third kappa shape index (κ3) is 2.79. The van der Waals surface area contributed by atoms with Gasteiger partial charge in [-0.05, 0) is 31.0 Å². The molecule has 6 heteroatoms. The van der Waals surface area contributed by atoms with Gasteiger partial charge in [-0.15, -0.1) is 0 Å². The molecule has 0 fully saturated rings. The van der Waals surface area contributed by atoms with E-state index in [1.165, 1.54) is 0 Å². The summed E-state index contributed by atoms with van der Waals surface area (Å²) in [5.74, 6) is -0.0829. The van der Waals surface area contributed by atoms with Crippen molar-refractivity contribution in [3.8, 4) is 11.3 Å². The van der Waals surface area contributed by atoms with Crippen LogP contribution in [0.4, 0.5) is 0 Å². The van der Waals surface area contributed by atoms with Gasteiger partial charge in [0.1, 0.15) is 11.3 Å². The lowest BCUT2D eigenvalue weighted by atomic mass is 10.1. The normalized spacial score (nSPS) is 11.1. The second-order valence-corrected chi connectivity index (χ2v) is 5.46. The second kappa shape index (κ2) is 6.16. The summed E-state index contributed by atoms with van der Waals surface area (Å²) in [6.07, 6.45) is 5.12. The van der Waals surface area contributed by atoms with E-state index in [4.69, 9.17) is 4.74 Å². The lowest BCUT2D eigenvalue weighted by Crippen LogP contribution is -2.06. The largest absolute Gasteiger partial charge is 0.462 e. The van der Waals surface area contributed by atoms with Crippen molar-refractivity contribution in [3.05, 3.63) is 48.0 Å². The number of fused-ring (bicyclic) bond motifs is 1. The van der Waals surface area contributed by atoms with Crippen LogP contribution in [0.15, 0.2) is 36.8 Å². The van der Waals surface area contributed by atoms with Gasteiger partial charge in [-0.1, -0.05) is 13.8 Å². The molecule has 0 unspecified atom stereocenters. The first-order valence-corrected chi connectivity index (χ1v) is 7.58.